The first-order valence-electron chi connectivity index (χ1n) is 7.94. The van der Waals surface area contributed by atoms with Crippen molar-refractivity contribution in [1.82, 2.24) is 9.62 Å². The number of rotatable bonds is 3. The van der Waals surface area contributed by atoms with E-state index in [2.05, 4.69) is 26.1 Å². The Bertz CT molecular complexity index is 652. The molecule has 6 heteroatoms. The van der Waals surface area contributed by atoms with Gasteiger partial charge in [0.15, 0.2) is 0 Å². The minimum atomic E-state index is -3.13. The van der Waals surface area contributed by atoms with Crippen LogP contribution >= 0.6 is 0 Å². The lowest BCUT2D eigenvalue weighted by molar-refractivity contribution is 0.0924. The van der Waals surface area contributed by atoms with Crippen molar-refractivity contribution >= 4 is 15.9 Å². The Morgan fingerprint density at radius 3 is 2.09 bits per heavy atom. The van der Waals surface area contributed by atoms with Gasteiger partial charge in [-0.3, -0.25) is 4.79 Å². The molecule has 128 valence electrons. The summed E-state index contributed by atoms with van der Waals surface area (Å²) in [7, 11) is -3.13. The lowest BCUT2D eigenvalue weighted by Gasteiger charge is -2.30. The van der Waals surface area contributed by atoms with Crippen LogP contribution in [-0.4, -0.2) is 44.0 Å². The van der Waals surface area contributed by atoms with Crippen LogP contribution in [0.5, 0.6) is 0 Å². The summed E-state index contributed by atoms with van der Waals surface area (Å²) < 4.78 is 24.4. The van der Waals surface area contributed by atoms with E-state index in [1.54, 1.807) is 0 Å². The topological polar surface area (TPSA) is 66.5 Å². The molecule has 1 aliphatic rings. The molecule has 0 radical (unpaired) electrons. The number of piperidine rings is 1. The Hall–Kier alpha value is -1.40. The highest BCUT2D eigenvalue weighted by Crippen LogP contribution is 2.22. The maximum absolute atomic E-state index is 12.3. The summed E-state index contributed by atoms with van der Waals surface area (Å²) in [6, 6.07) is 7.70. The first-order chi connectivity index (χ1) is 10.6. The molecular formula is C17H26N2O3S. The second-order valence-corrected chi connectivity index (χ2v) is 9.22. The van der Waals surface area contributed by atoms with Crippen molar-refractivity contribution in [3.8, 4) is 0 Å². The predicted molar refractivity (Wildman–Crippen MR) is 92.0 cm³/mol. The maximum Gasteiger partial charge on any atom is 0.251 e. The molecule has 1 N–H and O–H groups in total. The number of carbonyl (C=O) groups excluding carboxylic acids is 1. The molecule has 23 heavy (non-hydrogen) atoms. The van der Waals surface area contributed by atoms with E-state index in [9.17, 15) is 13.2 Å². The molecule has 5 nitrogen and oxygen atoms in total. The van der Waals surface area contributed by atoms with Gasteiger partial charge in [0.2, 0.25) is 10.0 Å². The first-order valence-corrected chi connectivity index (χ1v) is 9.79. The average molecular weight is 338 g/mol. The van der Waals surface area contributed by atoms with Crippen LogP contribution in [0.3, 0.4) is 0 Å². The summed E-state index contributed by atoms with van der Waals surface area (Å²) in [5.74, 6) is -0.0942. The molecule has 1 heterocycles. The van der Waals surface area contributed by atoms with E-state index in [1.165, 1.54) is 16.1 Å². The van der Waals surface area contributed by atoms with Crippen LogP contribution in [0.2, 0.25) is 0 Å². The lowest BCUT2D eigenvalue weighted by atomic mass is 9.86. The summed E-state index contributed by atoms with van der Waals surface area (Å²) >= 11 is 0. The number of benzene rings is 1. The monoisotopic (exact) mass is 338 g/mol. The molecule has 1 fully saturated rings. The minimum Gasteiger partial charge on any atom is -0.349 e. The molecule has 0 spiro atoms. The molecule has 0 aliphatic carbocycles. The van der Waals surface area contributed by atoms with Crippen LogP contribution < -0.4 is 5.32 Å². The summed E-state index contributed by atoms with van der Waals surface area (Å²) in [5, 5.41) is 3.00. The van der Waals surface area contributed by atoms with Gasteiger partial charge < -0.3 is 5.32 Å². The quantitative estimate of drug-likeness (QED) is 0.918. The van der Waals surface area contributed by atoms with Crippen molar-refractivity contribution in [2.24, 2.45) is 0 Å². The van der Waals surface area contributed by atoms with E-state index in [0.717, 1.165) is 0 Å². The molecule has 0 atom stereocenters. The predicted octanol–water partition coefficient (Wildman–Crippen LogP) is 2.14. The van der Waals surface area contributed by atoms with E-state index in [-0.39, 0.29) is 17.4 Å². The number of hydrogen-bond acceptors (Lipinski definition) is 3. The van der Waals surface area contributed by atoms with Crippen LogP contribution in [0.1, 0.15) is 49.5 Å². The zero-order chi connectivity index (χ0) is 17.3. The highest BCUT2D eigenvalue weighted by atomic mass is 32.2. The summed E-state index contributed by atoms with van der Waals surface area (Å²) in [6.45, 7) is 7.34. The molecule has 1 aromatic carbocycles. The van der Waals surface area contributed by atoms with Crippen molar-refractivity contribution in [3.05, 3.63) is 35.4 Å². The number of hydrogen-bond donors (Lipinski definition) is 1. The normalized spacial score (nSPS) is 17.9. The van der Waals surface area contributed by atoms with Gasteiger partial charge in [-0.1, -0.05) is 32.9 Å². The van der Waals surface area contributed by atoms with Gasteiger partial charge in [0.1, 0.15) is 0 Å². The van der Waals surface area contributed by atoms with E-state index < -0.39 is 10.0 Å². The fourth-order valence-corrected chi connectivity index (χ4v) is 3.60. The summed E-state index contributed by atoms with van der Waals surface area (Å²) in [5.41, 5.74) is 1.90. The average Bonchev–Trinajstić information content (AvgIpc) is 2.46. The second kappa shape index (κ2) is 6.61. The molecule has 0 saturated carbocycles. The minimum absolute atomic E-state index is 0.0304. The molecule has 1 amide bonds. The van der Waals surface area contributed by atoms with Crippen LogP contribution in [-0.2, 0) is 15.4 Å². The highest BCUT2D eigenvalue weighted by Gasteiger charge is 2.26. The number of nitrogens with zero attached hydrogens (tertiary/aromatic N) is 1. The summed E-state index contributed by atoms with van der Waals surface area (Å²) in [6.07, 6.45) is 2.53. The van der Waals surface area contributed by atoms with Crippen molar-refractivity contribution in [2.45, 2.75) is 45.1 Å². The van der Waals surface area contributed by atoms with Gasteiger partial charge in [-0.15, -0.1) is 0 Å². The zero-order valence-electron chi connectivity index (χ0n) is 14.3. The largest absolute Gasteiger partial charge is 0.349 e. The lowest BCUT2D eigenvalue weighted by Crippen LogP contribution is -2.46. The third-order valence-corrected chi connectivity index (χ3v) is 5.57. The Balaban J connectivity index is 1.93. The van der Waals surface area contributed by atoms with Crippen molar-refractivity contribution in [2.75, 3.05) is 19.3 Å². The molecule has 0 aromatic heterocycles. The Morgan fingerprint density at radius 2 is 1.65 bits per heavy atom. The highest BCUT2D eigenvalue weighted by molar-refractivity contribution is 7.88. The fraction of sp³-hybridized carbons (Fsp3) is 0.588. The fourth-order valence-electron chi connectivity index (χ4n) is 2.72. The van der Waals surface area contributed by atoms with Crippen LogP contribution in [0.15, 0.2) is 24.3 Å². The SMILES string of the molecule is CC(C)(C)c1ccc(C(=O)NC2CCN(S(C)(=O)=O)CC2)cc1. The van der Waals surface area contributed by atoms with E-state index in [1.807, 2.05) is 24.3 Å². The standard InChI is InChI=1S/C17H26N2O3S/c1-17(2,3)14-7-5-13(6-8-14)16(20)18-15-9-11-19(12-10-15)23(4,21)22/h5-8,15H,9-12H2,1-4H3,(H,18,20). The van der Waals surface area contributed by atoms with Gasteiger partial charge in [0, 0.05) is 24.7 Å². The zero-order valence-corrected chi connectivity index (χ0v) is 15.1. The van der Waals surface area contributed by atoms with Gasteiger partial charge >= 0.3 is 0 Å². The van der Waals surface area contributed by atoms with Gasteiger partial charge in [-0.2, -0.15) is 0 Å². The van der Waals surface area contributed by atoms with E-state index in [0.29, 0.717) is 31.5 Å². The Labute approximate surface area is 139 Å². The number of nitrogens with one attached hydrogen (secondary N) is 1. The Kier molecular flexibility index (Phi) is 5.16. The van der Waals surface area contributed by atoms with Gasteiger partial charge in [-0.25, -0.2) is 12.7 Å². The molecule has 1 aromatic rings. The van der Waals surface area contributed by atoms with Crippen LogP contribution in [0, 0.1) is 0 Å². The number of carbonyl (C=O) groups is 1. The first kappa shape index (κ1) is 17.9. The molecule has 2 rings (SSSR count). The van der Waals surface area contributed by atoms with Gasteiger partial charge in [-0.05, 0) is 36.0 Å². The smallest absolute Gasteiger partial charge is 0.251 e. The number of sulfonamides is 1. The molecule has 1 saturated heterocycles. The van der Waals surface area contributed by atoms with Crippen molar-refractivity contribution in [3.63, 3.8) is 0 Å². The van der Waals surface area contributed by atoms with Crippen molar-refractivity contribution < 1.29 is 13.2 Å². The van der Waals surface area contributed by atoms with Gasteiger partial charge in [0.05, 0.1) is 6.26 Å². The van der Waals surface area contributed by atoms with Gasteiger partial charge in [0.25, 0.3) is 5.91 Å². The summed E-state index contributed by atoms with van der Waals surface area (Å²) in [4.78, 5) is 12.3. The third kappa shape index (κ3) is 4.78. The molecule has 1 aliphatic heterocycles. The maximum atomic E-state index is 12.3. The third-order valence-electron chi connectivity index (χ3n) is 4.27. The van der Waals surface area contributed by atoms with Crippen LogP contribution in [0.4, 0.5) is 0 Å². The molecular weight excluding hydrogens is 312 g/mol. The van der Waals surface area contributed by atoms with Crippen molar-refractivity contribution in [1.29, 1.82) is 0 Å². The molecule has 0 unspecified atom stereocenters. The van der Waals surface area contributed by atoms with E-state index in [4.69, 9.17) is 0 Å². The van der Waals surface area contributed by atoms with Crippen LogP contribution in [0.25, 0.3) is 0 Å². The Morgan fingerprint density at radius 1 is 1.13 bits per heavy atom. The van der Waals surface area contributed by atoms with E-state index >= 15 is 0 Å². The number of amides is 1. The second-order valence-electron chi connectivity index (χ2n) is 7.24. The molecule has 0 bridgehead atoms.